The third-order valence-corrected chi connectivity index (χ3v) is 2.12. The van der Waals surface area contributed by atoms with E-state index < -0.39 is 0 Å². The normalized spacial score (nSPS) is 22.3. The highest BCUT2D eigenvalue weighted by atomic mass is 16.5. The van der Waals surface area contributed by atoms with Crippen LogP contribution in [0.1, 0.15) is 12.2 Å². The molecule has 5 nitrogen and oxygen atoms in total. The van der Waals surface area contributed by atoms with Crippen LogP contribution in [-0.4, -0.2) is 35.9 Å². The van der Waals surface area contributed by atoms with Crippen molar-refractivity contribution >= 4 is 0 Å². The molecule has 1 N–H and O–H groups in total. The van der Waals surface area contributed by atoms with E-state index in [0.717, 1.165) is 38.4 Å². The fourth-order valence-corrected chi connectivity index (χ4v) is 1.39. The lowest BCUT2D eigenvalue weighted by Gasteiger charge is -2.07. The summed E-state index contributed by atoms with van der Waals surface area (Å²) in [6.07, 6.45) is 3.27. The highest BCUT2D eigenvalue weighted by molar-refractivity contribution is 4.80. The molecule has 0 aliphatic carbocycles. The second-order valence-electron chi connectivity index (χ2n) is 3.11. The maximum atomic E-state index is 5.23. The first kappa shape index (κ1) is 8.65. The zero-order valence-corrected chi connectivity index (χ0v) is 7.40. The van der Waals surface area contributed by atoms with Gasteiger partial charge < -0.3 is 14.6 Å². The van der Waals surface area contributed by atoms with Crippen molar-refractivity contribution in [3.8, 4) is 0 Å². The summed E-state index contributed by atoms with van der Waals surface area (Å²) in [5, 5.41) is 7.10. The van der Waals surface area contributed by atoms with E-state index in [-0.39, 0.29) is 0 Å². The molecule has 0 bridgehead atoms. The fraction of sp³-hybridized carbons (Fsp3) is 0.750. The van der Waals surface area contributed by atoms with Gasteiger partial charge in [0.25, 0.3) is 0 Å². The minimum Gasteiger partial charge on any atom is -0.380 e. The summed E-state index contributed by atoms with van der Waals surface area (Å²) in [6.45, 7) is 2.58. The van der Waals surface area contributed by atoms with E-state index >= 15 is 0 Å². The van der Waals surface area contributed by atoms with Gasteiger partial charge in [-0.3, -0.25) is 0 Å². The molecule has 72 valence electrons. The van der Waals surface area contributed by atoms with Crippen LogP contribution in [0.15, 0.2) is 10.9 Å². The predicted molar refractivity (Wildman–Crippen MR) is 45.2 cm³/mol. The largest absolute Gasteiger partial charge is 0.380 e. The van der Waals surface area contributed by atoms with Crippen LogP contribution < -0.4 is 5.32 Å². The predicted octanol–water partition coefficient (Wildman–Crippen LogP) is -0.00940. The molecule has 1 aliphatic rings. The van der Waals surface area contributed by atoms with Gasteiger partial charge in [0, 0.05) is 25.6 Å². The van der Waals surface area contributed by atoms with Gasteiger partial charge in [-0.15, -0.1) is 0 Å². The number of hydrogen-bond donors (Lipinski definition) is 1. The van der Waals surface area contributed by atoms with Gasteiger partial charge >= 0.3 is 0 Å². The molecule has 5 heteroatoms. The first-order valence-electron chi connectivity index (χ1n) is 4.51. The van der Waals surface area contributed by atoms with Crippen LogP contribution >= 0.6 is 0 Å². The zero-order chi connectivity index (χ0) is 8.93. The summed E-state index contributed by atoms with van der Waals surface area (Å²) in [4.78, 5) is 3.93. The molecule has 1 atom stereocenters. The van der Waals surface area contributed by atoms with E-state index in [0.29, 0.717) is 6.04 Å². The van der Waals surface area contributed by atoms with Crippen LogP contribution in [0.5, 0.6) is 0 Å². The van der Waals surface area contributed by atoms with Gasteiger partial charge in [0.1, 0.15) is 0 Å². The minimum atomic E-state index is 0.506. The average Bonchev–Trinajstić information content (AvgIpc) is 2.75. The maximum Gasteiger partial charge on any atom is 0.213 e. The van der Waals surface area contributed by atoms with E-state index in [1.807, 2.05) is 0 Å². The number of ether oxygens (including phenoxy) is 1. The smallest absolute Gasteiger partial charge is 0.213 e. The molecule has 1 aromatic heterocycles. The number of hydrogen-bond acceptors (Lipinski definition) is 5. The third-order valence-electron chi connectivity index (χ3n) is 2.12. The van der Waals surface area contributed by atoms with Crippen molar-refractivity contribution in [2.24, 2.45) is 0 Å². The lowest BCUT2D eigenvalue weighted by Crippen LogP contribution is -2.31. The summed E-state index contributed by atoms with van der Waals surface area (Å²) >= 11 is 0. The van der Waals surface area contributed by atoms with Gasteiger partial charge in [0.2, 0.25) is 6.39 Å². The first-order chi connectivity index (χ1) is 6.45. The van der Waals surface area contributed by atoms with Crippen molar-refractivity contribution < 1.29 is 9.26 Å². The Morgan fingerprint density at radius 1 is 1.62 bits per heavy atom. The zero-order valence-electron chi connectivity index (χ0n) is 7.40. The lowest BCUT2D eigenvalue weighted by atomic mass is 10.2. The van der Waals surface area contributed by atoms with Crippen LogP contribution in [0.4, 0.5) is 0 Å². The van der Waals surface area contributed by atoms with E-state index in [9.17, 15) is 0 Å². The molecule has 1 aromatic rings. The fourth-order valence-electron chi connectivity index (χ4n) is 1.39. The number of nitrogens with one attached hydrogen (secondary N) is 1. The van der Waals surface area contributed by atoms with E-state index in [1.165, 1.54) is 6.39 Å². The molecule has 1 saturated heterocycles. The van der Waals surface area contributed by atoms with Gasteiger partial charge in [0.15, 0.2) is 5.82 Å². The maximum absolute atomic E-state index is 5.23. The molecule has 0 amide bonds. The van der Waals surface area contributed by atoms with Crippen molar-refractivity contribution in [3.05, 3.63) is 12.2 Å². The summed E-state index contributed by atoms with van der Waals surface area (Å²) in [5.41, 5.74) is 0. The number of rotatable bonds is 4. The standard InChI is InChI=1S/C8H13N3O2/c1(8-10-6-13-11-8)3-9-7-2-4-12-5-7/h6-7,9H,1-5H2. The Balaban J connectivity index is 1.63. The van der Waals surface area contributed by atoms with E-state index in [1.54, 1.807) is 0 Å². The SMILES string of the molecule is c1nc(CCNC2CCOC2)no1. The second-order valence-corrected chi connectivity index (χ2v) is 3.11. The summed E-state index contributed by atoms with van der Waals surface area (Å²) in [6, 6.07) is 0.506. The van der Waals surface area contributed by atoms with Gasteiger partial charge in [-0.25, -0.2) is 0 Å². The van der Waals surface area contributed by atoms with Crippen molar-refractivity contribution in [3.63, 3.8) is 0 Å². The van der Waals surface area contributed by atoms with Gasteiger partial charge in [-0.2, -0.15) is 4.98 Å². The Kier molecular flexibility index (Phi) is 2.89. The minimum absolute atomic E-state index is 0.506. The summed E-state index contributed by atoms with van der Waals surface area (Å²) in [5.74, 6) is 0.756. The van der Waals surface area contributed by atoms with Crippen molar-refractivity contribution in [2.45, 2.75) is 18.9 Å². The molecule has 2 rings (SSSR count). The third kappa shape index (κ3) is 2.50. The molecule has 1 unspecified atom stereocenters. The van der Waals surface area contributed by atoms with Gasteiger partial charge in [-0.05, 0) is 6.42 Å². The van der Waals surface area contributed by atoms with Crippen molar-refractivity contribution in [2.75, 3.05) is 19.8 Å². The molecule has 0 saturated carbocycles. The summed E-state index contributed by atoms with van der Waals surface area (Å²) in [7, 11) is 0. The molecule has 13 heavy (non-hydrogen) atoms. The number of nitrogens with zero attached hydrogens (tertiary/aromatic N) is 2. The van der Waals surface area contributed by atoms with Crippen LogP contribution in [0.2, 0.25) is 0 Å². The van der Waals surface area contributed by atoms with Crippen LogP contribution in [0.3, 0.4) is 0 Å². The Hall–Kier alpha value is -0.940. The topological polar surface area (TPSA) is 60.2 Å². The summed E-state index contributed by atoms with van der Waals surface area (Å²) < 4.78 is 9.86. The highest BCUT2D eigenvalue weighted by Crippen LogP contribution is 2.02. The Morgan fingerprint density at radius 2 is 2.62 bits per heavy atom. The Labute approximate surface area is 76.5 Å². The Morgan fingerprint density at radius 3 is 3.31 bits per heavy atom. The van der Waals surface area contributed by atoms with Crippen LogP contribution in [0.25, 0.3) is 0 Å². The van der Waals surface area contributed by atoms with Crippen molar-refractivity contribution in [1.82, 2.24) is 15.5 Å². The van der Waals surface area contributed by atoms with Gasteiger partial charge in [-0.1, -0.05) is 5.16 Å². The van der Waals surface area contributed by atoms with Crippen LogP contribution in [-0.2, 0) is 11.2 Å². The van der Waals surface area contributed by atoms with E-state index in [2.05, 4.69) is 20.0 Å². The van der Waals surface area contributed by atoms with E-state index in [4.69, 9.17) is 4.74 Å². The molecular weight excluding hydrogens is 170 g/mol. The quantitative estimate of drug-likeness (QED) is 0.711. The average molecular weight is 183 g/mol. The first-order valence-corrected chi connectivity index (χ1v) is 4.51. The molecule has 1 fully saturated rings. The van der Waals surface area contributed by atoms with Crippen LogP contribution in [0, 0.1) is 0 Å². The lowest BCUT2D eigenvalue weighted by molar-refractivity contribution is 0.190. The number of aromatic nitrogens is 2. The Bertz CT molecular complexity index is 232. The molecule has 1 aliphatic heterocycles. The highest BCUT2D eigenvalue weighted by Gasteiger charge is 2.14. The second kappa shape index (κ2) is 4.34. The van der Waals surface area contributed by atoms with Gasteiger partial charge in [0.05, 0.1) is 6.61 Å². The molecule has 2 heterocycles. The van der Waals surface area contributed by atoms with Crippen molar-refractivity contribution in [1.29, 1.82) is 0 Å². The molecule has 0 radical (unpaired) electrons. The molecular formula is C8H13N3O2. The molecule has 0 aromatic carbocycles. The monoisotopic (exact) mass is 183 g/mol. The molecule has 0 spiro atoms.